The highest BCUT2D eigenvalue weighted by Crippen LogP contribution is 2.10. The second-order valence-corrected chi connectivity index (χ2v) is 4.39. The van der Waals surface area contributed by atoms with Crippen LogP contribution in [0.5, 0.6) is 5.88 Å². The van der Waals surface area contributed by atoms with Gasteiger partial charge in [-0.25, -0.2) is 4.79 Å². The van der Waals surface area contributed by atoms with Gasteiger partial charge in [-0.2, -0.15) is 0 Å². The molecule has 0 amide bonds. The van der Waals surface area contributed by atoms with Gasteiger partial charge in [0, 0.05) is 26.6 Å². The van der Waals surface area contributed by atoms with Crippen LogP contribution in [0, 0.1) is 5.92 Å². The maximum Gasteiger partial charge on any atom is 0.333 e. The van der Waals surface area contributed by atoms with Gasteiger partial charge in [0.05, 0.1) is 12.7 Å². The average Bonchev–Trinajstić information content (AvgIpc) is 2.82. The van der Waals surface area contributed by atoms with Gasteiger partial charge in [-0.15, -0.1) is 0 Å². The fourth-order valence-electron chi connectivity index (χ4n) is 1.91. The Balaban J connectivity index is 2.15. The normalized spacial score (nSPS) is 19.5. The summed E-state index contributed by atoms with van der Waals surface area (Å²) in [4.78, 5) is 23.1. The molecule has 1 N–H and O–H groups in total. The average molecular weight is 239 g/mol. The van der Waals surface area contributed by atoms with E-state index in [9.17, 15) is 9.59 Å². The summed E-state index contributed by atoms with van der Waals surface area (Å²) in [7, 11) is 3.05. The highest BCUT2D eigenvalue weighted by molar-refractivity contribution is 5.08. The van der Waals surface area contributed by atoms with E-state index < -0.39 is 0 Å². The monoisotopic (exact) mass is 239 g/mol. The van der Waals surface area contributed by atoms with Crippen LogP contribution in [0.3, 0.4) is 0 Å². The summed E-state index contributed by atoms with van der Waals surface area (Å²) >= 11 is 0. The molecule has 0 bridgehead atoms. The molecule has 6 nitrogen and oxygen atoms in total. The van der Waals surface area contributed by atoms with Crippen molar-refractivity contribution in [3.8, 4) is 5.88 Å². The molecule has 1 aromatic heterocycles. The number of nitrogens with one attached hydrogen (secondary N) is 1. The van der Waals surface area contributed by atoms with Crippen LogP contribution in [0.15, 0.2) is 15.7 Å². The lowest BCUT2D eigenvalue weighted by molar-refractivity contribution is 0.238. The summed E-state index contributed by atoms with van der Waals surface area (Å²) in [5.74, 6) is 0.791. The molecule has 1 atom stereocenters. The number of hydrogen-bond donors (Lipinski definition) is 1. The molecular weight excluding hydrogens is 222 g/mol. The number of ether oxygens (including phenoxy) is 1. The Morgan fingerprint density at radius 1 is 1.41 bits per heavy atom. The number of hydrogen-bond acceptors (Lipinski definition) is 4. The fraction of sp³-hybridized carbons (Fsp3) is 0.636. The third kappa shape index (κ3) is 2.41. The lowest BCUT2D eigenvalue weighted by Crippen LogP contribution is -2.37. The molecule has 6 heteroatoms. The second-order valence-electron chi connectivity index (χ2n) is 4.39. The van der Waals surface area contributed by atoms with E-state index in [0.29, 0.717) is 18.4 Å². The van der Waals surface area contributed by atoms with Crippen molar-refractivity contribution >= 4 is 0 Å². The Morgan fingerprint density at radius 3 is 2.82 bits per heavy atom. The van der Waals surface area contributed by atoms with Gasteiger partial charge < -0.3 is 10.1 Å². The minimum atomic E-state index is -0.364. The van der Waals surface area contributed by atoms with E-state index in [1.54, 1.807) is 7.05 Å². The predicted molar refractivity (Wildman–Crippen MR) is 63.4 cm³/mol. The Hall–Kier alpha value is -1.56. The van der Waals surface area contributed by atoms with Crippen LogP contribution >= 0.6 is 0 Å². The van der Waals surface area contributed by atoms with Gasteiger partial charge in [0.2, 0.25) is 5.88 Å². The van der Waals surface area contributed by atoms with Crippen molar-refractivity contribution in [2.75, 3.05) is 19.7 Å². The maximum absolute atomic E-state index is 11.6. The first kappa shape index (κ1) is 11.9. The van der Waals surface area contributed by atoms with Crippen molar-refractivity contribution in [2.45, 2.75) is 6.42 Å². The molecule has 0 spiro atoms. The molecule has 94 valence electrons. The molecule has 1 aliphatic rings. The van der Waals surface area contributed by atoms with Gasteiger partial charge in [-0.05, 0) is 13.0 Å². The molecular formula is C11H17N3O3. The zero-order chi connectivity index (χ0) is 12.4. The first-order chi connectivity index (χ1) is 8.09. The Kier molecular flexibility index (Phi) is 3.33. The maximum atomic E-state index is 11.6. The van der Waals surface area contributed by atoms with Crippen LogP contribution in [-0.4, -0.2) is 28.8 Å². The highest BCUT2D eigenvalue weighted by atomic mass is 16.5. The summed E-state index contributed by atoms with van der Waals surface area (Å²) in [6.07, 6.45) is 1.07. The number of rotatable bonds is 3. The van der Waals surface area contributed by atoms with E-state index in [4.69, 9.17) is 4.74 Å². The molecule has 2 heterocycles. The molecule has 1 fully saturated rings. The smallest absolute Gasteiger partial charge is 0.333 e. The molecule has 0 saturated carbocycles. The lowest BCUT2D eigenvalue weighted by Gasteiger charge is -2.13. The number of nitrogens with zero attached hydrogens (tertiary/aromatic N) is 2. The lowest BCUT2D eigenvalue weighted by atomic mass is 10.1. The van der Waals surface area contributed by atoms with E-state index in [2.05, 4.69) is 5.32 Å². The van der Waals surface area contributed by atoms with Crippen molar-refractivity contribution < 1.29 is 4.74 Å². The minimum absolute atomic E-state index is 0.338. The van der Waals surface area contributed by atoms with E-state index in [1.807, 2.05) is 0 Å². The van der Waals surface area contributed by atoms with Crippen molar-refractivity contribution in [3.05, 3.63) is 26.9 Å². The zero-order valence-electron chi connectivity index (χ0n) is 10.1. The first-order valence-corrected chi connectivity index (χ1v) is 5.70. The minimum Gasteiger partial charge on any atom is -0.478 e. The van der Waals surface area contributed by atoms with Gasteiger partial charge in [0.15, 0.2) is 0 Å². The largest absolute Gasteiger partial charge is 0.478 e. The summed E-state index contributed by atoms with van der Waals surface area (Å²) in [5, 5.41) is 3.24. The Labute approximate surface area is 98.8 Å². The van der Waals surface area contributed by atoms with Gasteiger partial charge in [-0.3, -0.25) is 13.9 Å². The van der Waals surface area contributed by atoms with E-state index in [1.165, 1.54) is 17.7 Å². The predicted octanol–water partition coefficient (Wildman–Crippen LogP) is -0.928. The van der Waals surface area contributed by atoms with Gasteiger partial charge in [0.25, 0.3) is 5.56 Å². The van der Waals surface area contributed by atoms with Crippen LogP contribution in [0.1, 0.15) is 6.42 Å². The molecule has 2 rings (SSSR count). The van der Waals surface area contributed by atoms with Gasteiger partial charge >= 0.3 is 5.69 Å². The van der Waals surface area contributed by atoms with Crippen LogP contribution < -0.4 is 21.3 Å². The van der Waals surface area contributed by atoms with Crippen molar-refractivity contribution in [1.82, 2.24) is 14.5 Å². The highest BCUT2D eigenvalue weighted by Gasteiger charge is 2.16. The molecule has 1 saturated heterocycles. The standard InChI is InChI=1S/C11H17N3O3/c1-13-9(15)5-10(14(2)11(13)16)17-7-8-3-4-12-6-8/h5,8,12H,3-4,6-7H2,1-2H3. The zero-order valence-corrected chi connectivity index (χ0v) is 10.1. The van der Waals surface area contributed by atoms with Crippen LogP contribution in [0.25, 0.3) is 0 Å². The fourth-order valence-corrected chi connectivity index (χ4v) is 1.91. The van der Waals surface area contributed by atoms with E-state index in [-0.39, 0.29) is 11.2 Å². The first-order valence-electron chi connectivity index (χ1n) is 5.70. The van der Waals surface area contributed by atoms with Crippen LogP contribution in [0.4, 0.5) is 0 Å². The van der Waals surface area contributed by atoms with Crippen molar-refractivity contribution in [3.63, 3.8) is 0 Å². The van der Waals surface area contributed by atoms with Gasteiger partial charge in [0.1, 0.15) is 0 Å². The second kappa shape index (κ2) is 4.75. The van der Waals surface area contributed by atoms with Crippen molar-refractivity contribution in [2.24, 2.45) is 20.0 Å². The SMILES string of the molecule is Cn1c(OCC2CCNC2)cc(=O)n(C)c1=O. The van der Waals surface area contributed by atoms with Crippen LogP contribution in [0.2, 0.25) is 0 Å². The Bertz CT molecular complexity index is 512. The van der Waals surface area contributed by atoms with E-state index in [0.717, 1.165) is 24.1 Å². The summed E-state index contributed by atoms with van der Waals surface area (Å²) in [6.45, 7) is 2.47. The van der Waals surface area contributed by atoms with Crippen LogP contribution in [-0.2, 0) is 14.1 Å². The summed E-state index contributed by atoms with van der Waals surface area (Å²) in [6, 6.07) is 1.35. The third-order valence-electron chi connectivity index (χ3n) is 3.11. The summed E-state index contributed by atoms with van der Waals surface area (Å²) < 4.78 is 7.96. The third-order valence-corrected chi connectivity index (χ3v) is 3.11. The topological polar surface area (TPSA) is 65.3 Å². The molecule has 0 aromatic carbocycles. The molecule has 0 aliphatic carbocycles. The quantitative estimate of drug-likeness (QED) is 0.740. The summed E-state index contributed by atoms with van der Waals surface area (Å²) in [5.41, 5.74) is -0.704. The van der Waals surface area contributed by atoms with Crippen molar-refractivity contribution in [1.29, 1.82) is 0 Å². The number of aromatic nitrogens is 2. The molecule has 1 unspecified atom stereocenters. The molecule has 0 radical (unpaired) electrons. The molecule has 1 aromatic rings. The van der Waals surface area contributed by atoms with Gasteiger partial charge in [-0.1, -0.05) is 0 Å². The molecule has 17 heavy (non-hydrogen) atoms. The van der Waals surface area contributed by atoms with E-state index >= 15 is 0 Å². The molecule has 1 aliphatic heterocycles. The Morgan fingerprint density at radius 2 is 2.18 bits per heavy atom.